The fourth-order valence-electron chi connectivity index (χ4n) is 4.06. The third-order valence-electron chi connectivity index (χ3n) is 5.79. The molecule has 3 atom stereocenters. The molecule has 172 valence electrons. The summed E-state index contributed by atoms with van der Waals surface area (Å²) in [5, 5.41) is 12.2. The normalized spacial score (nSPS) is 21.1. The second kappa shape index (κ2) is 11.8. The molecule has 0 saturated carbocycles. The maximum atomic E-state index is 12.4. The van der Waals surface area contributed by atoms with E-state index in [0.29, 0.717) is 36.7 Å². The highest BCUT2D eigenvalue weighted by molar-refractivity contribution is 8.00. The minimum absolute atomic E-state index is 0.0470. The van der Waals surface area contributed by atoms with E-state index in [2.05, 4.69) is 33.1 Å². The van der Waals surface area contributed by atoms with Crippen molar-refractivity contribution < 1.29 is 14.4 Å². The molecule has 32 heavy (non-hydrogen) atoms. The van der Waals surface area contributed by atoms with E-state index in [-0.39, 0.29) is 29.9 Å². The van der Waals surface area contributed by atoms with Crippen molar-refractivity contribution >= 4 is 29.6 Å². The molecule has 7 nitrogen and oxygen atoms in total. The summed E-state index contributed by atoms with van der Waals surface area (Å²) in [7, 11) is 0. The predicted octanol–water partition coefficient (Wildman–Crippen LogP) is 2.33. The zero-order valence-electron chi connectivity index (χ0n) is 18.8. The Kier molecular flexibility index (Phi) is 8.86. The standard InChI is InChI=1S/C24H32N4O3S/c1-3-7-17-11-10-16(2)18(14-17)23(30)26-13-6-12-25-21(29)9-5-4-8-20-22-19(15-32-20)27-24(31)28-22/h10-11,14,19-20,22H,4-6,8-9,12-13,15H2,1-2H3,(H,25,29)(H,26,30)(H2,27,28,31)/t19-,20-,22-/m0/s1. The Bertz CT molecular complexity index is 908. The fourth-order valence-corrected chi connectivity index (χ4v) is 5.61. The molecule has 2 aliphatic heterocycles. The number of rotatable bonds is 10. The number of carbonyl (C=O) groups excluding carboxylic acids is 3. The molecule has 2 saturated heterocycles. The van der Waals surface area contributed by atoms with E-state index in [1.807, 2.05) is 36.9 Å². The van der Waals surface area contributed by atoms with Crippen molar-refractivity contribution in [3.63, 3.8) is 0 Å². The monoisotopic (exact) mass is 456 g/mol. The summed E-state index contributed by atoms with van der Waals surface area (Å²) in [6.45, 7) is 4.72. The molecule has 0 unspecified atom stereocenters. The maximum Gasteiger partial charge on any atom is 0.315 e. The molecule has 2 fully saturated rings. The smallest absolute Gasteiger partial charge is 0.315 e. The molecule has 4 N–H and O–H groups in total. The second-order valence-corrected chi connectivity index (χ2v) is 9.50. The van der Waals surface area contributed by atoms with Gasteiger partial charge in [0, 0.05) is 41.6 Å². The van der Waals surface area contributed by atoms with Crippen molar-refractivity contribution in [3.8, 4) is 11.8 Å². The first-order valence-corrected chi connectivity index (χ1v) is 12.3. The van der Waals surface area contributed by atoms with Crippen molar-refractivity contribution in [2.75, 3.05) is 18.8 Å². The van der Waals surface area contributed by atoms with Gasteiger partial charge in [-0.2, -0.15) is 11.8 Å². The molecule has 0 bridgehead atoms. The lowest BCUT2D eigenvalue weighted by atomic mass is 10.0. The lowest BCUT2D eigenvalue weighted by Crippen LogP contribution is -2.36. The minimum atomic E-state index is -0.116. The number of urea groups is 1. The largest absolute Gasteiger partial charge is 0.356 e. The van der Waals surface area contributed by atoms with E-state index in [1.54, 1.807) is 6.92 Å². The van der Waals surface area contributed by atoms with Crippen LogP contribution in [-0.4, -0.2) is 54.0 Å². The molecular formula is C24H32N4O3S. The molecular weight excluding hydrogens is 424 g/mol. The highest BCUT2D eigenvalue weighted by Crippen LogP contribution is 2.33. The third kappa shape index (κ3) is 6.67. The zero-order valence-corrected chi connectivity index (χ0v) is 19.6. The number of unbranched alkanes of at least 4 members (excludes halogenated alkanes) is 1. The van der Waals surface area contributed by atoms with Crippen LogP contribution in [0.5, 0.6) is 0 Å². The molecule has 0 aliphatic carbocycles. The third-order valence-corrected chi connectivity index (χ3v) is 7.30. The molecule has 1 aromatic carbocycles. The van der Waals surface area contributed by atoms with Gasteiger partial charge < -0.3 is 21.3 Å². The first-order chi connectivity index (χ1) is 15.5. The maximum absolute atomic E-state index is 12.4. The van der Waals surface area contributed by atoms with Gasteiger partial charge in [0.1, 0.15) is 0 Å². The number of amides is 4. The lowest BCUT2D eigenvalue weighted by molar-refractivity contribution is -0.121. The van der Waals surface area contributed by atoms with Gasteiger partial charge in [0.15, 0.2) is 0 Å². The highest BCUT2D eigenvalue weighted by atomic mass is 32.2. The van der Waals surface area contributed by atoms with Gasteiger partial charge in [-0.3, -0.25) is 9.59 Å². The molecule has 0 spiro atoms. The van der Waals surface area contributed by atoms with Gasteiger partial charge in [-0.25, -0.2) is 4.79 Å². The minimum Gasteiger partial charge on any atom is -0.356 e. The van der Waals surface area contributed by atoms with Gasteiger partial charge in [-0.05, 0) is 50.8 Å². The van der Waals surface area contributed by atoms with Crippen molar-refractivity contribution in [1.82, 2.24) is 21.3 Å². The Morgan fingerprint density at radius 2 is 1.97 bits per heavy atom. The molecule has 2 heterocycles. The van der Waals surface area contributed by atoms with Crippen molar-refractivity contribution in [2.24, 2.45) is 0 Å². The van der Waals surface area contributed by atoms with Gasteiger partial charge in [0.25, 0.3) is 5.91 Å². The Hall–Kier alpha value is -2.66. The van der Waals surface area contributed by atoms with Crippen LogP contribution in [-0.2, 0) is 4.79 Å². The van der Waals surface area contributed by atoms with E-state index >= 15 is 0 Å². The SMILES string of the molecule is CC#Cc1ccc(C)c(C(=O)NCCCNC(=O)CCCC[C@@H]2SC[C@@H]3NC(=O)N[C@@H]32)c1. The van der Waals surface area contributed by atoms with Crippen LogP contribution in [0.25, 0.3) is 0 Å². The predicted molar refractivity (Wildman–Crippen MR) is 128 cm³/mol. The second-order valence-electron chi connectivity index (χ2n) is 8.23. The number of hydrogen-bond donors (Lipinski definition) is 4. The van der Waals surface area contributed by atoms with Crippen molar-refractivity contribution in [3.05, 3.63) is 34.9 Å². The van der Waals surface area contributed by atoms with Gasteiger partial charge in [0.05, 0.1) is 12.1 Å². The molecule has 8 heteroatoms. The van der Waals surface area contributed by atoms with Gasteiger partial charge in [-0.1, -0.05) is 18.4 Å². The summed E-state index contributed by atoms with van der Waals surface area (Å²) in [6, 6.07) is 6.03. The van der Waals surface area contributed by atoms with E-state index in [9.17, 15) is 14.4 Å². The number of benzene rings is 1. The highest BCUT2D eigenvalue weighted by Gasteiger charge is 2.42. The van der Waals surface area contributed by atoms with E-state index in [0.717, 1.165) is 36.1 Å². The van der Waals surface area contributed by atoms with E-state index in [1.165, 1.54) is 0 Å². The summed E-state index contributed by atoms with van der Waals surface area (Å²) in [4.78, 5) is 35.9. The van der Waals surface area contributed by atoms with E-state index in [4.69, 9.17) is 0 Å². The van der Waals surface area contributed by atoms with Crippen LogP contribution in [0.2, 0.25) is 0 Å². The Balaban J connectivity index is 1.25. The number of nitrogens with one attached hydrogen (secondary N) is 4. The van der Waals surface area contributed by atoms with Crippen LogP contribution in [0.1, 0.15) is 60.5 Å². The van der Waals surface area contributed by atoms with Gasteiger partial charge in [0.2, 0.25) is 5.91 Å². The molecule has 4 amide bonds. The van der Waals surface area contributed by atoms with Crippen LogP contribution >= 0.6 is 11.8 Å². The molecule has 2 aliphatic rings. The lowest BCUT2D eigenvalue weighted by Gasteiger charge is -2.16. The van der Waals surface area contributed by atoms with Gasteiger partial charge in [-0.15, -0.1) is 5.92 Å². The quantitative estimate of drug-likeness (QED) is 0.247. The first-order valence-electron chi connectivity index (χ1n) is 11.2. The average Bonchev–Trinajstić information content (AvgIpc) is 3.31. The Morgan fingerprint density at radius 3 is 2.78 bits per heavy atom. The van der Waals surface area contributed by atoms with Crippen LogP contribution in [0, 0.1) is 18.8 Å². The van der Waals surface area contributed by atoms with Crippen molar-refractivity contribution in [1.29, 1.82) is 0 Å². The topological polar surface area (TPSA) is 99.3 Å². The van der Waals surface area contributed by atoms with Crippen LogP contribution in [0.4, 0.5) is 4.79 Å². The summed E-state index contributed by atoms with van der Waals surface area (Å²) >= 11 is 1.90. The zero-order chi connectivity index (χ0) is 22.9. The number of thioether (sulfide) groups is 1. The molecule has 1 aromatic rings. The van der Waals surface area contributed by atoms with Crippen LogP contribution in [0.3, 0.4) is 0 Å². The summed E-state index contributed by atoms with van der Waals surface area (Å²) in [5.41, 5.74) is 2.37. The number of carbonyl (C=O) groups is 3. The Labute approximate surface area is 194 Å². The fraction of sp³-hybridized carbons (Fsp3) is 0.542. The summed E-state index contributed by atoms with van der Waals surface area (Å²) in [5.74, 6) is 6.70. The summed E-state index contributed by atoms with van der Waals surface area (Å²) in [6.07, 6.45) is 4.01. The molecule has 3 rings (SSSR count). The average molecular weight is 457 g/mol. The summed E-state index contributed by atoms with van der Waals surface area (Å²) < 4.78 is 0. The first kappa shape index (κ1) is 24.0. The Morgan fingerprint density at radius 1 is 1.16 bits per heavy atom. The number of aryl methyl sites for hydroxylation is 1. The number of fused-ring (bicyclic) bond motifs is 1. The van der Waals surface area contributed by atoms with E-state index < -0.39 is 0 Å². The van der Waals surface area contributed by atoms with Crippen molar-refractivity contribution in [2.45, 2.75) is 63.3 Å². The number of hydrogen-bond acceptors (Lipinski definition) is 4. The van der Waals surface area contributed by atoms with Crippen LogP contribution in [0.15, 0.2) is 18.2 Å². The molecule has 0 radical (unpaired) electrons. The molecule has 0 aromatic heterocycles. The van der Waals surface area contributed by atoms with Crippen LogP contribution < -0.4 is 21.3 Å². The van der Waals surface area contributed by atoms with Gasteiger partial charge >= 0.3 is 6.03 Å².